The van der Waals surface area contributed by atoms with Gasteiger partial charge >= 0.3 is 0 Å². The van der Waals surface area contributed by atoms with E-state index in [1.54, 1.807) is 13.8 Å². The molecular weight excluding hydrogens is 214 g/mol. The Morgan fingerprint density at radius 3 is 2.38 bits per heavy atom. The summed E-state index contributed by atoms with van der Waals surface area (Å²) in [4.78, 5) is 0. The predicted molar refractivity (Wildman–Crippen MR) is 53.4 cm³/mol. The lowest BCUT2D eigenvalue weighted by atomic mass is 10.3. The number of alkyl halides is 1. The van der Waals surface area contributed by atoms with Crippen molar-refractivity contribution in [2.45, 2.75) is 19.9 Å². The molecule has 4 nitrogen and oxygen atoms in total. The molecule has 1 unspecified atom stereocenters. The van der Waals surface area contributed by atoms with Gasteiger partial charge in [0, 0.05) is 11.9 Å². The number of hydrogen-bond donors (Lipinski definition) is 2. The van der Waals surface area contributed by atoms with E-state index in [0.717, 1.165) is 0 Å². The maximum absolute atomic E-state index is 11.3. The third-order valence-corrected chi connectivity index (χ3v) is 3.72. The minimum atomic E-state index is -3.30. The molecule has 2 atom stereocenters. The fourth-order valence-corrected chi connectivity index (χ4v) is 2.70. The van der Waals surface area contributed by atoms with Crippen LogP contribution in [0.15, 0.2) is 0 Å². The highest BCUT2D eigenvalue weighted by Crippen LogP contribution is 2.02. The molecule has 0 heterocycles. The highest BCUT2D eigenvalue weighted by atomic mass is 35.5. The van der Waals surface area contributed by atoms with Crippen LogP contribution in [0.25, 0.3) is 0 Å². The van der Waals surface area contributed by atoms with Gasteiger partial charge in [-0.1, -0.05) is 6.92 Å². The summed E-state index contributed by atoms with van der Waals surface area (Å²) >= 11 is 5.49. The van der Waals surface area contributed by atoms with Gasteiger partial charge in [0.2, 0.25) is 10.0 Å². The third-order valence-electron chi connectivity index (χ3n) is 1.42. The van der Waals surface area contributed by atoms with E-state index in [1.807, 2.05) is 0 Å². The second-order valence-corrected chi connectivity index (χ2v) is 5.35. The maximum Gasteiger partial charge on any atom is 0.212 e. The van der Waals surface area contributed by atoms with Gasteiger partial charge in [0.25, 0.3) is 0 Å². The quantitative estimate of drug-likeness (QED) is 0.638. The summed E-state index contributed by atoms with van der Waals surface area (Å²) in [7, 11) is -3.30. The van der Waals surface area contributed by atoms with Crippen LogP contribution in [0.5, 0.6) is 0 Å². The maximum atomic E-state index is 11.3. The molecule has 0 amide bonds. The summed E-state index contributed by atoms with van der Waals surface area (Å²) in [5.74, 6) is 0.236. The van der Waals surface area contributed by atoms with E-state index in [-0.39, 0.29) is 18.3 Å². The smallest absolute Gasteiger partial charge is 0.212 e. The van der Waals surface area contributed by atoms with Crippen LogP contribution in [0.3, 0.4) is 0 Å². The van der Waals surface area contributed by atoms with Crippen LogP contribution in [0.1, 0.15) is 13.8 Å². The molecule has 0 saturated carbocycles. The summed E-state index contributed by atoms with van der Waals surface area (Å²) in [5, 5.41) is 8.64. The van der Waals surface area contributed by atoms with E-state index in [1.165, 1.54) is 0 Å². The standard InChI is InChI=1S/C7H16ClNO3S/c1-6(3-8)5-13(11,12)9-7(2)4-10/h6-7,9-10H,3-5H2,1-2H3/t6?,7-/m0/s1. The molecule has 0 spiro atoms. The Morgan fingerprint density at radius 1 is 1.46 bits per heavy atom. The molecule has 0 aromatic carbocycles. The monoisotopic (exact) mass is 229 g/mol. The first kappa shape index (κ1) is 13.2. The lowest BCUT2D eigenvalue weighted by molar-refractivity contribution is 0.265. The number of rotatable bonds is 6. The topological polar surface area (TPSA) is 66.4 Å². The molecule has 6 heteroatoms. The van der Waals surface area contributed by atoms with Crippen LogP contribution in [0.2, 0.25) is 0 Å². The Kier molecular flexibility index (Phi) is 5.87. The molecule has 2 N–H and O–H groups in total. The summed E-state index contributed by atoms with van der Waals surface area (Å²) in [6.07, 6.45) is 0. The summed E-state index contributed by atoms with van der Waals surface area (Å²) < 4.78 is 24.9. The summed E-state index contributed by atoms with van der Waals surface area (Å²) in [6, 6.07) is -0.437. The molecule has 0 aromatic rings. The number of aliphatic hydroxyl groups is 1. The zero-order valence-electron chi connectivity index (χ0n) is 7.83. The molecule has 0 rings (SSSR count). The number of hydrogen-bond acceptors (Lipinski definition) is 3. The van der Waals surface area contributed by atoms with Crippen molar-refractivity contribution in [3.8, 4) is 0 Å². The van der Waals surface area contributed by atoms with E-state index >= 15 is 0 Å². The molecule has 0 aliphatic carbocycles. The van der Waals surface area contributed by atoms with Gasteiger partial charge in [-0.05, 0) is 12.8 Å². The van der Waals surface area contributed by atoms with E-state index in [2.05, 4.69) is 4.72 Å². The summed E-state index contributed by atoms with van der Waals surface area (Å²) in [5.41, 5.74) is 0. The Balaban J connectivity index is 4.09. The zero-order valence-corrected chi connectivity index (χ0v) is 9.40. The molecular formula is C7H16ClNO3S. The van der Waals surface area contributed by atoms with Crippen LogP contribution in [-0.2, 0) is 10.0 Å². The highest BCUT2D eigenvalue weighted by Gasteiger charge is 2.16. The van der Waals surface area contributed by atoms with Gasteiger partial charge in [-0.2, -0.15) is 0 Å². The van der Waals surface area contributed by atoms with Crippen molar-refractivity contribution in [1.29, 1.82) is 0 Å². The lowest BCUT2D eigenvalue weighted by Gasteiger charge is -2.13. The average Bonchev–Trinajstić information content (AvgIpc) is 2.02. The van der Waals surface area contributed by atoms with Crippen molar-refractivity contribution in [1.82, 2.24) is 4.72 Å². The minimum absolute atomic E-state index is 0.000833. The van der Waals surface area contributed by atoms with Gasteiger partial charge in [-0.3, -0.25) is 0 Å². The van der Waals surface area contributed by atoms with Crippen LogP contribution in [0.4, 0.5) is 0 Å². The molecule has 0 saturated heterocycles. The molecule has 80 valence electrons. The first-order valence-corrected chi connectivity index (χ1v) is 6.26. The van der Waals surface area contributed by atoms with Crippen molar-refractivity contribution in [2.75, 3.05) is 18.2 Å². The van der Waals surface area contributed by atoms with Crippen LogP contribution < -0.4 is 4.72 Å². The van der Waals surface area contributed by atoms with E-state index in [9.17, 15) is 8.42 Å². The first-order valence-electron chi connectivity index (χ1n) is 4.08. The number of sulfonamides is 1. The van der Waals surface area contributed by atoms with Crippen molar-refractivity contribution in [3.63, 3.8) is 0 Å². The first-order chi connectivity index (χ1) is 5.91. The van der Waals surface area contributed by atoms with E-state index in [4.69, 9.17) is 16.7 Å². The normalized spacial score (nSPS) is 16.9. The van der Waals surface area contributed by atoms with Gasteiger partial charge in [-0.15, -0.1) is 11.6 Å². The van der Waals surface area contributed by atoms with Crippen LogP contribution in [0, 0.1) is 5.92 Å². The third kappa shape index (κ3) is 6.26. The Hall–Kier alpha value is 0.160. The minimum Gasteiger partial charge on any atom is -0.395 e. The van der Waals surface area contributed by atoms with Crippen LogP contribution in [-0.4, -0.2) is 37.8 Å². The van der Waals surface area contributed by atoms with Crippen molar-refractivity contribution in [3.05, 3.63) is 0 Å². The van der Waals surface area contributed by atoms with Gasteiger partial charge in [-0.25, -0.2) is 13.1 Å². The van der Waals surface area contributed by atoms with Gasteiger partial charge in [0.05, 0.1) is 12.4 Å². The molecule has 13 heavy (non-hydrogen) atoms. The van der Waals surface area contributed by atoms with Crippen LogP contribution >= 0.6 is 11.6 Å². The van der Waals surface area contributed by atoms with Gasteiger partial charge < -0.3 is 5.11 Å². The summed E-state index contributed by atoms with van der Waals surface area (Å²) in [6.45, 7) is 3.16. The van der Waals surface area contributed by atoms with Gasteiger partial charge in [0.1, 0.15) is 0 Å². The Bertz CT molecular complexity index is 212. The van der Waals surface area contributed by atoms with Crippen molar-refractivity contribution < 1.29 is 13.5 Å². The fourth-order valence-electron chi connectivity index (χ4n) is 0.811. The highest BCUT2D eigenvalue weighted by molar-refractivity contribution is 7.89. The second-order valence-electron chi connectivity index (χ2n) is 3.24. The second kappa shape index (κ2) is 5.80. The molecule has 0 aliphatic rings. The van der Waals surface area contributed by atoms with Crippen molar-refractivity contribution >= 4 is 21.6 Å². The number of nitrogens with one attached hydrogen (secondary N) is 1. The Morgan fingerprint density at radius 2 is 2.00 bits per heavy atom. The number of halogens is 1. The molecule has 0 fully saturated rings. The predicted octanol–water partition coefficient (Wildman–Crippen LogP) is 0.161. The average molecular weight is 230 g/mol. The SMILES string of the molecule is CC(CCl)CS(=O)(=O)N[C@@H](C)CO. The van der Waals surface area contributed by atoms with Crippen molar-refractivity contribution in [2.24, 2.45) is 5.92 Å². The van der Waals surface area contributed by atoms with E-state index < -0.39 is 16.1 Å². The van der Waals surface area contributed by atoms with E-state index in [0.29, 0.717) is 5.88 Å². The number of aliphatic hydroxyl groups excluding tert-OH is 1. The molecule has 0 radical (unpaired) electrons. The lowest BCUT2D eigenvalue weighted by Crippen LogP contribution is -2.38. The molecule has 0 bridgehead atoms. The Labute approximate surface area is 84.3 Å². The largest absolute Gasteiger partial charge is 0.395 e. The molecule has 0 aliphatic heterocycles. The molecule has 0 aromatic heterocycles. The zero-order chi connectivity index (χ0) is 10.5. The fraction of sp³-hybridized carbons (Fsp3) is 1.00. The van der Waals surface area contributed by atoms with Gasteiger partial charge in [0.15, 0.2) is 0 Å².